The Balaban J connectivity index is 2.32. The average molecular weight is 312 g/mol. The summed E-state index contributed by atoms with van der Waals surface area (Å²) in [6, 6.07) is 9.06. The largest absolute Gasteiger partial charge is 0.481 e. The fraction of sp³-hybridized carbons (Fsp3) is 0.500. The SMILES string of the molecule is C[C@H]1CN(S(C)(=O)=O)C[C@H](CC(=O)O)N1c1ccccc1. The van der Waals surface area contributed by atoms with E-state index in [0.29, 0.717) is 6.54 Å². The van der Waals surface area contributed by atoms with Crippen molar-refractivity contribution in [1.29, 1.82) is 0 Å². The Bertz CT molecular complexity index is 603. The zero-order valence-corrected chi connectivity index (χ0v) is 13.0. The predicted octanol–water partition coefficient (Wildman–Crippen LogP) is 1.00. The quantitative estimate of drug-likeness (QED) is 0.897. The fourth-order valence-corrected chi connectivity index (χ4v) is 3.77. The number of hydrogen-bond acceptors (Lipinski definition) is 4. The van der Waals surface area contributed by atoms with Crippen LogP contribution < -0.4 is 4.90 Å². The minimum Gasteiger partial charge on any atom is -0.481 e. The van der Waals surface area contributed by atoms with Crippen LogP contribution in [0, 0.1) is 0 Å². The summed E-state index contributed by atoms with van der Waals surface area (Å²) in [5, 5.41) is 9.11. The molecule has 0 amide bonds. The number of anilines is 1. The van der Waals surface area contributed by atoms with Gasteiger partial charge in [0.05, 0.1) is 18.7 Å². The van der Waals surface area contributed by atoms with Gasteiger partial charge in [-0.1, -0.05) is 18.2 Å². The van der Waals surface area contributed by atoms with Gasteiger partial charge in [-0.25, -0.2) is 8.42 Å². The van der Waals surface area contributed by atoms with Gasteiger partial charge in [0.1, 0.15) is 0 Å². The van der Waals surface area contributed by atoms with Crippen LogP contribution in [-0.2, 0) is 14.8 Å². The molecule has 1 N–H and O–H groups in total. The lowest BCUT2D eigenvalue weighted by Gasteiger charge is -2.45. The highest BCUT2D eigenvalue weighted by molar-refractivity contribution is 7.88. The molecule has 1 aliphatic heterocycles. The summed E-state index contributed by atoms with van der Waals surface area (Å²) in [7, 11) is -3.32. The second-order valence-corrected chi connectivity index (χ2v) is 7.41. The first-order valence-corrected chi connectivity index (χ1v) is 8.64. The zero-order valence-electron chi connectivity index (χ0n) is 12.1. The van der Waals surface area contributed by atoms with Crippen LogP contribution in [0.2, 0.25) is 0 Å². The molecule has 6 nitrogen and oxygen atoms in total. The predicted molar refractivity (Wildman–Crippen MR) is 80.8 cm³/mol. The number of aliphatic carboxylic acids is 1. The highest BCUT2D eigenvalue weighted by Gasteiger charge is 2.36. The van der Waals surface area contributed by atoms with Gasteiger partial charge in [0.2, 0.25) is 10.0 Å². The molecule has 116 valence electrons. The third-order valence-electron chi connectivity index (χ3n) is 3.68. The number of benzene rings is 1. The van der Waals surface area contributed by atoms with Gasteiger partial charge in [-0.05, 0) is 19.1 Å². The van der Waals surface area contributed by atoms with Gasteiger partial charge < -0.3 is 10.0 Å². The standard InChI is InChI=1S/C14H20N2O4S/c1-11-9-15(21(2,19)20)10-13(8-14(17)18)16(11)12-6-4-3-5-7-12/h3-7,11,13H,8-10H2,1-2H3,(H,17,18)/t11-,13-/m0/s1. The van der Waals surface area contributed by atoms with E-state index >= 15 is 0 Å². The van der Waals surface area contributed by atoms with Gasteiger partial charge in [0.25, 0.3) is 0 Å². The lowest BCUT2D eigenvalue weighted by Crippen LogP contribution is -2.59. The highest BCUT2D eigenvalue weighted by atomic mass is 32.2. The van der Waals surface area contributed by atoms with Crippen LogP contribution in [-0.4, -0.2) is 55.2 Å². The topological polar surface area (TPSA) is 77.9 Å². The van der Waals surface area contributed by atoms with Gasteiger partial charge in [0, 0.05) is 24.8 Å². The maximum atomic E-state index is 11.8. The first kappa shape index (κ1) is 15.8. The smallest absolute Gasteiger partial charge is 0.305 e. The van der Waals surface area contributed by atoms with Crippen molar-refractivity contribution in [3.63, 3.8) is 0 Å². The molecular formula is C14H20N2O4S. The van der Waals surface area contributed by atoms with Crippen LogP contribution in [0.25, 0.3) is 0 Å². The first-order chi connectivity index (χ1) is 9.79. The number of carboxylic acids is 1. The van der Waals surface area contributed by atoms with Crippen molar-refractivity contribution in [1.82, 2.24) is 4.31 Å². The van der Waals surface area contributed by atoms with E-state index in [0.717, 1.165) is 11.9 Å². The molecule has 0 aromatic heterocycles. The summed E-state index contributed by atoms with van der Waals surface area (Å²) >= 11 is 0. The number of carboxylic acid groups (broad SMARTS) is 1. The van der Waals surface area contributed by atoms with E-state index in [9.17, 15) is 13.2 Å². The van der Waals surface area contributed by atoms with E-state index in [2.05, 4.69) is 0 Å². The molecule has 1 aromatic rings. The molecule has 2 rings (SSSR count). The summed E-state index contributed by atoms with van der Waals surface area (Å²) < 4.78 is 24.9. The summed E-state index contributed by atoms with van der Waals surface area (Å²) in [6.07, 6.45) is 1.07. The fourth-order valence-electron chi connectivity index (χ4n) is 2.84. The van der Waals surface area contributed by atoms with Gasteiger partial charge in [0.15, 0.2) is 0 Å². The van der Waals surface area contributed by atoms with Crippen molar-refractivity contribution in [3.05, 3.63) is 30.3 Å². The van der Waals surface area contributed by atoms with Gasteiger partial charge in [-0.15, -0.1) is 0 Å². The van der Waals surface area contributed by atoms with Gasteiger partial charge in [-0.3, -0.25) is 4.79 Å². The Morgan fingerprint density at radius 1 is 1.29 bits per heavy atom. The van der Waals surface area contributed by atoms with E-state index in [-0.39, 0.29) is 25.0 Å². The summed E-state index contributed by atoms with van der Waals surface area (Å²) in [6.45, 7) is 2.48. The molecule has 1 fully saturated rings. The zero-order chi connectivity index (χ0) is 15.6. The van der Waals surface area contributed by atoms with E-state index < -0.39 is 16.0 Å². The minimum absolute atomic E-state index is 0.0831. The Kier molecular flexibility index (Phi) is 4.53. The molecule has 1 aliphatic rings. The van der Waals surface area contributed by atoms with Crippen LogP contribution in [0.15, 0.2) is 30.3 Å². The monoisotopic (exact) mass is 312 g/mol. The molecule has 1 saturated heterocycles. The summed E-state index contributed by atoms with van der Waals surface area (Å²) in [4.78, 5) is 13.1. The molecule has 0 saturated carbocycles. The van der Waals surface area contributed by atoms with Crippen LogP contribution in [0.3, 0.4) is 0 Å². The van der Waals surface area contributed by atoms with Crippen LogP contribution in [0.4, 0.5) is 5.69 Å². The van der Waals surface area contributed by atoms with E-state index in [1.54, 1.807) is 0 Å². The maximum Gasteiger partial charge on any atom is 0.305 e. The van der Waals surface area contributed by atoms with Crippen molar-refractivity contribution < 1.29 is 18.3 Å². The van der Waals surface area contributed by atoms with Gasteiger partial charge in [-0.2, -0.15) is 4.31 Å². The number of hydrogen-bond donors (Lipinski definition) is 1. The second-order valence-electron chi connectivity index (χ2n) is 5.42. The lowest BCUT2D eigenvalue weighted by molar-refractivity contribution is -0.137. The van der Waals surface area contributed by atoms with E-state index in [4.69, 9.17) is 5.11 Å². The molecule has 7 heteroatoms. The second kappa shape index (κ2) is 6.03. The molecule has 1 heterocycles. The number of rotatable bonds is 4. The molecule has 0 radical (unpaired) electrons. The molecule has 0 unspecified atom stereocenters. The van der Waals surface area contributed by atoms with Crippen LogP contribution in [0.5, 0.6) is 0 Å². The van der Waals surface area contributed by atoms with Crippen molar-refractivity contribution in [2.24, 2.45) is 0 Å². The van der Waals surface area contributed by atoms with Crippen molar-refractivity contribution in [3.8, 4) is 0 Å². The molecular weight excluding hydrogens is 292 g/mol. The Labute approximate surface area is 125 Å². The Morgan fingerprint density at radius 2 is 1.90 bits per heavy atom. The first-order valence-electron chi connectivity index (χ1n) is 6.79. The van der Waals surface area contributed by atoms with Crippen molar-refractivity contribution in [2.75, 3.05) is 24.2 Å². The molecule has 2 atom stereocenters. The van der Waals surface area contributed by atoms with Crippen LogP contribution >= 0.6 is 0 Å². The van der Waals surface area contributed by atoms with Crippen LogP contribution in [0.1, 0.15) is 13.3 Å². The number of carbonyl (C=O) groups is 1. The molecule has 0 aliphatic carbocycles. The third-order valence-corrected chi connectivity index (χ3v) is 4.92. The number of sulfonamides is 1. The lowest BCUT2D eigenvalue weighted by atomic mass is 10.0. The molecule has 21 heavy (non-hydrogen) atoms. The van der Waals surface area contributed by atoms with E-state index in [1.165, 1.54) is 4.31 Å². The summed E-state index contributed by atoms with van der Waals surface area (Å²) in [5.41, 5.74) is 0.921. The normalized spacial score (nSPS) is 24.0. The number of piperazine rings is 1. The number of nitrogens with zero attached hydrogens (tertiary/aromatic N) is 2. The maximum absolute atomic E-state index is 11.8. The van der Waals surface area contributed by atoms with Crippen molar-refractivity contribution >= 4 is 21.7 Å². The minimum atomic E-state index is -3.32. The number of para-hydroxylation sites is 1. The molecule has 0 bridgehead atoms. The average Bonchev–Trinajstić information content (AvgIpc) is 2.37. The molecule has 0 spiro atoms. The summed E-state index contributed by atoms with van der Waals surface area (Å²) in [5.74, 6) is -0.927. The van der Waals surface area contributed by atoms with Gasteiger partial charge >= 0.3 is 5.97 Å². The third kappa shape index (κ3) is 3.74. The molecule has 1 aromatic carbocycles. The Hall–Kier alpha value is -1.60. The van der Waals surface area contributed by atoms with Crippen molar-refractivity contribution in [2.45, 2.75) is 25.4 Å². The van der Waals surface area contributed by atoms with E-state index in [1.807, 2.05) is 42.2 Å². The highest BCUT2D eigenvalue weighted by Crippen LogP contribution is 2.27. The Morgan fingerprint density at radius 3 is 2.43 bits per heavy atom.